The van der Waals surface area contributed by atoms with Gasteiger partial charge in [0.15, 0.2) is 5.16 Å². The van der Waals surface area contributed by atoms with E-state index in [4.69, 9.17) is 9.40 Å². The average Bonchev–Trinajstić information content (AvgIpc) is 3.45. The molecule has 3 heterocycles. The third-order valence-corrected chi connectivity index (χ3v) is 8.26. The van der Waals surface area contributed by atoms with E-state index in [0.29, 0.717) is 10.9 Å². The molecule has 0 bridgehead atoms. The van der Waals surface area contributed by atoms with Crippen molar-refractivity contribution in [1.29, 1.82) is 0 Å². The first-order valence-corrected chi connectivity index (χ1v) is 12.8. The topological polar surface area (TPSA) is 77.1 Å². The molecule has 5 rings (SSSR count). The van der Waals surface area contributed by atoms with Crippen molar-refractivity contribution >= 4 is 44.9 Å². The van der Waals surface area contributed by atoms with Crippen LogP contribution in [0.5, 0.6) is 0 Å². The second-order valence-electron chi connectivity index (χ2n) is 8.32. The Morgan fingerprint density at radius 2 is 2.06 bits per heavy atom. The number of fused-ring (bicyclic) bond motifs is 3. The number of anilines is 1. The predicted molar refractivity (Wildman–Crippen MR) is 133 cm³/mol. The van der Waals surface area contributed by atoms with Gasteiger partial charge in [0, 0.05) is 10.6 Å². The number of furan rings is 1. The molecule has 170 valence electrons. The van der Waals surface area contributed by atoms with Gasteiger partial charge in [-0.1, -0.05) is 30.0 Å². The number of benzene rings is 1. The number of nitrogens with one attached hydrogen (secondary N) is 1. The molecule has 0 radical (unpaired) electrons. The molecule has 0 spiro atoms. The molecule has 1 N–H and O–H groups in total. The highest BCUT2D eigenvalue weighted by atomic mass is 32.2. The molecule has 1 unspecified atom stereocenters. The highest BCUT2D eigenvalue weighted by molar-refractivity contribution is 8.00. The molecule has 8 heteroatoms. The molecule has 0 aliphatic heterocycles. The van der Waals surface area contributed by atoms with Crippen LogP contribution in [0.2, 0.25) is 0 Å². The highest BCUT2D eigenvalue weighted by Gasteiger charge is 2.25. The van der Waals surface area contributed by atoms with Crippen molar-refractivity contribution in [2.45, 2.75) is 56.5 Å². The van der Waals surface area contributed by atoms with Gasteiger partial charge in [0.1, 0.15) is 10.6 Å². The van der Waals surface area contributed by atoms with E-state index in [2.05, 4.69) is 5.32 Å². The van der Waals surface area contributed by atoms with Crippen molar-refractivity contribution in [1.82, 2.24) is 9.55 Å². The van der Waals surface area contributed by atoms with E-state index in [0.717, 1.165) is 52.7 Å². The van der Waals surface area contributed by atoms with Crippen LogP contribution in [0, 0.1) is 6.92 Å². The van der Waals surface area contributed by atoms with Crippen LogP contribution in [0.15, 0.2) is 57.0 Å². The summed E-state index contributed by atoms with van der Waals surface area (Å²) in [5, 5.41) is 3.83. The highest BCUT2D eigenvalue weighted by Crippen LogP contribution is 2.35. The fraction of sp³-hybridized carbons (Fsp3) is 0.320. The summed E-state index contributed by atoms with van der Waals surface area (Å²) < 4.78 is 7.18. The molecular weight excluding hydrogens is 454 g/mol. The van der Waals surface area contributed by atoms with Gasteiger partial charge in [-0.05, 0) is 68.9 Å². The lowest BCUT2D eigenvalue weighted by Crippen LogP contribution is -2.27. The van der Waals surface area contributed by atoms with Crippen molar-refractivity contribution in [2.24, 2.45) is 0 Å². The molecule has 1 aromatic carbocycles. The van der Waals surface area contributed by atoms with E-state index < -0.39 is 5.25 Å². The number of amides is 1. The van der Waals surface area contributed by atoms with E-state index in [-0.39, 0.29) is 18.0 Å². The van der Waals surface area contributed by atoms with E-state index >= 15 is 0 Å². The van der Waals surface area contributed by atoms with Gasteiger partial charge in [0.25, 0.3) is 5.56 Å². The van der Waals surface area contributed by atoms with Gasteiger partial charge in [-0.15, -0.1) is 11.3 Å². The molecule has 33 heavy (non-hydrogen) atoms. The van der Waals surface area contributed by atoms with Crippen LogP contribution < -0.4 is 10.9 Å². The number of carbonyl (C=O) groups is 1. The third kappa shape index (κ3) is 4.37. The van der Waals surface area contributed by atoms with Gasteiger partial charge in [-0.2, -0.15) is 0 Å². The maximum Gasteiger partial charge on any atom is 0.263 e. The Kier molecular flexibility index (Phi) is 6.12. The van der Waals surface area contributed by atoms with Crippen LogP contribution in [0.25, 0.3) is 10.2 Å². The number of aryl methyl sites for hydroxylation is 3. The number of thiophene rings is 1. The molecule has 1 aliphatic carbocycles. The minimum Gasteiger partial charge on any atom is -0.467 e. The first kappa shape index (κ1) is 22.0. The summed E-state index contributed by atoms with van der Waals surface area (Å²) in [6.07, 6.45) is 5.78. The zero-order chi connectivity index (χ0) is 22.9. The van der Waals surface area contributed by atoms with Crippen molar-refractivity contribution in [3.05, 3.63) is 74.8 Å². The molecule has 1 aliphatic rings. The van der Waals surface area contributed by atoms with Gasteiger partial charge in [-0.25, -0.2) is 4.98 Å². The maximum atomic E-state index is 13.7. The number of hydrogen-bond donors (Lipinski definition) is 1. The summed E-state index contributed by atoms with van der Waals surface area (Å²) in [5.41, 5.74) is 2.90. The van der Waals surface area contributed by atoms with Crippen LogP contribution in [-0.2, 0) is 24.2 Å². The van der Waals surface area contributed by atoms with Crippen LogP contribution in [0.3, 0.4) is 0 Å². The quantitative estimate of drug-likeness (QED) is 0.296. The zero-order valence-electron chi connectivity index (χ0n) is 18.6. The summed E-state index contributed by atoms with van der Waals surface area (Å²) >= 11 is 2.93. The van der Waals surface area contributed by atoms with Gasteiger partial charge in [0.2, 0.25) is 5.91 Å². The molecule has 3 aromatic heterocycles. The number of aromatic nitrogens is 2. The van der Waals surface area contributed by atoms with E-state index in [1.165, 1.54) is 16.6 Å². The lowest BCUT2D eigenvalue weighted by Gasteiger charge is -2.16. The fourth-order valence-corrected chi connectivity index (χ4v) is 6.38. The van der Waals surface area contributed by atoms with Gasteiger partial charge in [0.05, 0.1) is 23.4 Å². The number of para-hydroxylation sites is 1. The van der Waals surface area contributed by atoms with Gasteiger partial charge in [-0.3, -0.25) is 14.2 Å². The Bertz CT molecular complexity index is 1370. The number of carbonyl (C=O) groups excluding carboxylic acids is 1. The SMILES string of the molecule is Cc1ccccc1NC(=O)C(C)Sc1nc2sc3c(c2c(=O)n1Cc1ccco1)CCCC3. The number of rotatable bonds is 6. The zero-order valence-corrected chi connectivity index (χ0v) is 20.2. The molecule has 0 fully saturated rings. The normalized spacial score (nSPS) is 14.2. The minimum absolute atomic E-state index is 0.0511. The lowest BCUT2D eigenvalue weighted by molar-refractivity contribution is -0.115. The summed E-state index contributed by atoms with van der Waals surface area (Å²) in [6, 6.07) is 11.3. The molecule has 1 atom stereocenters. The third-order valence-electron chi connectivity index (χ3n) is 5.99. The number of hydrogen-bond acceptors (Lipinski definition) is 6. The fourth-order valence-electron chi connectivity index (χ4n) is 4.17. The maximum absolute atomic E-state index is 13.7. The smallest absolute Gasteiger partial charge is 0.263 e. The van der Waals surface area contributed by atoms with Gasteiger partial charge >= 0.3 is 0 Å². The molecule has 1 amide bonds. The second-order valence-corrected chi connectivity index (χ2v) is 10.7. The summed E-state index contributed by atoms with van der Waals surface area (Å²) in [5.74, 6) is 0.555. The summed E-state index contributed by atoms with van der Waals surface area (Å²) in [7, 11) is 0. The Hall–Kier alpha value is -2.84. The van der Waals surface area contributed by atoms with Crippen molar-refractivity contribution < 1.29 is 9.21 Å². The predicted octanol–water partition coefficient (Wildman–Crippen LogP) is 5.41. The first-order chi connectivity index (χ1) is 16.0. The van der Waals surface area contributed by atoms with E-state index in [9.17, 15) is 9.59 Å². The Morgan fingerprint density at radius 1 is 1.24 bits per heavy atom. The van der Waals surface area contributed by atoms with Crippen LogP contribution in [0.4, 0.5) is 5.69 Å². The minimum atomic E-state index is -0.439. The molecule has 4 aromatic rings. The van der Waals surface area contributed by atoms with E-state index in [1.807, 2.05) is 50.2 Å². The van der Waals surface area contributed by atoms with Crippen LogP contribution in [0.1, 0.15) is 41.5 Å². The second kappa shape index (κ2) is 9.19. The standard InChI is InChI=1S/C25H25N3O3S2/c1-15-8-3-5-11-19(15)26-22(29)16(2)32-25-27-23-21(18-10-4-6-12-20(18)33-23)24(30)28(25)14-17-9-7-13-31-17/h3,5,7-9,11,13,16H,4,6,10,12,14H2,1-2H3,(H,26,29). The Balaban J connectivity index is 1.51. The monoisotopic (exact) mass is 479 g/mol. The van der Waals surface area contributed by atoms with Crippen LogP contribution in [-0.4, -0.2) is 20.7 Å². The summed E-state index contributed by atoms with van der Waals surface area (Å²) in [6.45, 7) is 4.08. The van der Waals surface area contributed by atoms with Crippen molar-refractivity contribution in [2.75, 3.05) is 5.32 Å². The van der Waals surface area contributed by atoms with E-state index in [1.54, 1.807) is 22.2 Å². The molecular formula is C25H25N3O3S2. The number of nitrogens with zero attached hydrogens (tertiary/aromatic N) is 2. The van der Waals surface area contributed by atoms with Crippen molar-refractivity contribution in [3.8, 4) is 0 Å². The van der Waals surface area contributed by atoms with Gasteiger partial charge < -0.3 is 9.73 Å². The molecule has 6 nitrogen and oxygen atoms in total. The summed E-state index contributed by atoms with van der Waals surface area (Å²) in [4.78, 5) is 33.6. The lowest BCUT2D eigenvalue weighted by atomic mass is 9.97. The largest absolute Gasteiger partial charge is 0.467 e. The van der Waals surface area contributed by atoms with Crippen LogP contribution >= 0.6 is 23.1 Å². The average molecular weight is 480 g/mol. The van der Waals surface area contributed by atoms with Crippen molar-refractivity contribution in [3.63, 3.8) is 0 Å². The Morgan fingerprint density at radius 3 is 2.85 bits per heavy atom. The molecule has 0 saturated carbocycles. The Labute approximate surface area is 200 Å². The molecule has 0 saturated heterocycles. The first-order valence-electron chi connectivity index (χ1n) is 11.1. The number of thioether (sulfide) groups is 1.